The molecule has 0 radical (unpaired) electrons. The SMILES string of the molecule is CS(=O)(=O)CCCOc1ccc(OC(F)(F)F)c(-c2ccccc2)c1. The Morgan fingerprint density at radius 1 is 1.04 bits per heavy atom. The van der Waals surface area contributed by atoms with E-state index >= 15 is 0 Å². The van der Waals surface area contributed by atoms with Crippen LogP contribution in [0, 0.1) is 0 Å². The summed E-state index contributed by atoms with van der Waals surface area (Å²) >= 11 is 0. The minimum atomic E-state index is -4.80. The lowest BCUT2D eigenvalue weighted by Gasteiger charge is -2.15. The summed E-state index contributed by atoms with van der Waals surface area (Å²) in [4.78, 5) is 0. The van der Waals surface area contributed by atoms with Crippen molar-refractivity contribution in [3.63, 3.8) is 0 Å². The second-order valence-corrected chi connectivity index (χ2v) is 7.66. The summed E-state index contributed by atoms with van der Waals surface area (Å²) in [6, 6.07) is 12.4. The normalized spacial score (nSPS) is 12.0. The van der Waals surface area contributed by atoms with Crippen LogP contribution in [-0.2, 0) is 9.84 Å². The van der Waals surface area contributed by atoms with E-state index in [0.717, 1.165) is 6.26 Å². The third kappa shape index (κ3) is 6.66. The predicted molar refractivity (Wildman–Crippen MR) is 88.4 cm³/mol. The zero-order valence-electron chi connectivity index (χ0n) is 13.4. The molecule has 0 unspecified atom stereocenters. The van der Waals surface area contributed by atoms with Gasteiger partial charge < -0.3 is 9.47 Å². The van der Waals surface area contributed by atoms with Crippen molar-refractivity contribution in [1.29, 1.82) is 0 Å². The standard InChI is InChI=1S/C17H17F3O4S/c1-25(21,22)11-5-10-23-14-8-9-16(24-17(18,19)20)15(12-14)13-6-3-2-4-7-13/h2-4,6-9,12H,5,10-11H2,1H3. The van der Waals surface area contributed by atoms with Crippen LogP contribution in [-0.4, -0.2) is 33.4 Å². The van der Waals surface area contributed by atoms with Gasteiger partial charge in [-0.05, 0) is 30.2 Å². The van der Waals surface area contributed by atoms with Gasteiger partial charge in [-0.25, -0.2) is 8.42 Å². The summed E-state index contributed by atoms with van der Waals surface area (Å²) in [6.45, 7) is 0.140. The Balaban J connectivity index is 2.21. The number of rotatable bonds is 7. The van der Waals surface area contributed by atoms with Gasteiger partial charge in [-0.2, -0.15) is 0 Å². The summed E-state index contributed by atoms with van der Waals surface area (Å²) in [7, 11) is -3.08. The van der Waals surface area contributed by atoms with Crippen LogP contribution in [0.3, 0.4) is 0 Å². The highest BCUT2D eigenvalue weighted by Gasteiger charge is 2.32. The van der Waals surface area contributed by atoms with Crippen LogP contribution in [0.4, 0.5) is 13.2 Å². The largest absolute Gasteiger partial charge is 0.573 e. The molecular formula is C17H17F3O4S. The highest BCUT2D eigenvalue weighted by Crippen LogP contribution is 2.36. The number of sulfone groups is 1. The van der Waals surface area contributed by atoms with Gasteiger partial charge in [0.2, 0.25) is 0 Å². The van der Waals surface area contributed by atoms with Gasteiger partial charge >= 0.3 is 6.36 Å². The molecule has 0 saturated heterocycles. The third-order valence-electron chi connectivity index (χ3n) is 3.19. The second-order valence-electron chi connectivity index (χ2n) is 5.40. The first kappa shape index (κ1) is 19.1. The highest BCUT2D eigenvalue weighted by atomic mass is 32.2. The lowest BCUT2D eigenvalue weighted by Crippen LogP contribution is -2.17. The molecule has 0 fully saturated rings. The maximum absolute atomic E-state index is 12.6. The minimum absolute atomic E-state index is 0.0200. The monoisotopic (exact) mass is 374 g/mol. The van der Waals surface area contributed by atoms with Crippen LogP contribution in [0.2, 0.25) is 0 Å². The van der Waals surface area contributed by atoms with Gasteiger partial charge in [0.1, 0.15) is 21.3 Å². The van der Waals surface area contributed by atoms with E-state index in [1.165, 1.54) is 18.2 Å². The molecule has 0 bridgehead atoms. The molecule has 0 aliphatic rings. The van der Waals surface area contributed by atoms with E-state index in [0.29, 0.717) is 17.7 Å². The summed E-state index contributed by atoms with van der Waals surface area (Å²) < 4.78 is 69.4. The Morgan fingerprint density at radius 2 is 1.72 bits per heavy atom. The average Bonchev–Trinajstić information content (AvgIpc) is 2.51. The minimum Gasteiger partial charge on any atom is -0.494 e. The topological polar surface area (TPSA) is 52.6 Å². The Kier molecular flexibility index (Phi) is 5.94. The molecule has 2 rings (SSSR count). The maximum Gasteiger partial charge on any atom is 0.573 e. The number of hydrogen-bond acceptors (Lipinski definition) is 4. The van der Waals surface area contributed by atoms with Crippen molar-refractivity contribution in [3.05, 3.63) is 48.5 Å². The molecule has 2 aromatic rings. The van der Waals surface area contributed by atoms with Gasteiger partial charge in [-0.3, -0.25) is 0 Å². The molecule has 4 nitrogen and oxygen atoms in total. The summed E-state index contributed by atoms with van der Waals surface area (Å²) in [6.07, 6.45) is -3.38. The Morgan fingerprint density at radius 3 is 2.32 bits per heavy atom. The van der Waals surface area contributed by atoms with Crippen LogP contribution in [0.5, 0.6) is 11.5 Å². The number of alkyl halides is 3. The number of hydrogen-bond donors (Lipinski definition) is 0. The predicted octanol–water partition coefficient (Wildman–Crippen LogP) is 4.07. The first-order valence-electron chi connectivity index (χ1n) is 7.40. The average molecular weight is 374 g/mol. The van der Waals surface area contributed by atoms with Crippen molar-refractivity contribution in [1.82, 2.24) is 0 Å². The molecular weight excluding hydrogens is 357 g/mol. The van der Waals surface area contributed by atoms with Crippen LogP contribution >= 0.6 is 0 Å². The van der Waals surface area contributed by atoms with E-state index in [9.17, 15) is 21.6 Å². The van der Waals surface area contributed by atoms with Crippen molar-refractivity contribution >= 4 is 9.84 Å². The molecule has 8 heteroatoms. The van der Waals surface area contributed by atoms with Crippen molar-refractivity contribution in [2.24, 2.45) is 0 Å². The fraction of sp³-hybridized carbons (Fsp3) is 0.294. The van der Waals surface area contributed by atoms with Gasteiger partial charge in [0.25, 0.3) is 0 Å². The first-order chi connectivity index (χ1) is 11.6. The van der Waals surface area contributed by atoms with Crippen LogP contribution in [0.1, 0.15) is 6.42 Å². The van der Waals surface area contributed by atoms with Gasteiger partial charge in [0.15, 0.2) is 0 Å². The van der Waals surface area contributed by atoms with Crippen molar-refractivity contribution in [2.45, 2.75) is 12.8 Å². The number of halogens is 3. The van der Waals surface area contributed by atoms with E-state index in [1.54, 1.807) is 30.3 Å². The fourth-order valence-corrected chi connectivity index (χ4v) is 2.81. The number of ether oxygens (including phenoxy) is 2. The molecule has 0 saturated carbocycles. The molecule has 0 aliphatic heterocycles. The van der Waals surface area contributed by atoms with E-state index in [1.807, 2.05) is 0 Å². The zero-order valence-corrected chi connectivity index (χ0v) is 14.2. The van der Waals surface area contributed by atoms with E-state index in [2.05, 4.69) is 4.74 Å². The summed E-state index contributed by atoms with van der Waals surface area (Å²) in [5, 5.41) is 0. The highest BCUT2D eigenvalue weighted by molar-refractivity contribution is 7.90. The molecule has 0 aromatic heterocycles. The second kappa shape index (κ2) is 7.77. The van der Waals surface area contributed by atoms with Crippen molar-refractivity contribution in [3.8, 4) is 22.6 Å². The molecule has 2 aromatic carbocycles. The molecule has 0 aliphatic carbocycles. The Bertz CT molecular complexity index is 802. The van der Waals surface area contributed by atoms with E-state index < -0.39 is 16.2 Å². The van der Waals surface area contributed by atoms with Gasteiger partial charge in [-0.1, -0.05) is 30.3 Å². The van der Waals surface area contributed by atoms with Crippen LogP contribution in [0.15, 0.2) is 48.5 Å². The van der Waals surface area contributed by atoms with Gasteiger partial charge in [0.05, 0.1) is 12.4 Å². The Labute approximate surface area is 144 Å². The lowest BCUT2D eigenvalue weighted by molar-refractivity contribution is -0.274. The Hall–Kier alpha value is -2.22. The van der Waals surface area contributed by atoms with Gasteiger partial charge in [-0.15, -0.1) is 13.2 Å². The van der Waals surface area contributed by atoms with Crippen molar-refractivity contribution < 1.29 is 31.1 Å². The molecule has 0 spiro atoms. The summed E-state index contributed by atoms with van der Waals surface area (Å²) in [5.41, 5.74) is 0.780. The maximum atomic E-state index is 12.6. The molecule has 0 N–H and O–H groups in total. The quantitative estimate of drug-likeness (QED) is 0.686. The van der Waals surface area contributed by atoms with E-state index in [-0.39, 0.29) is 23.7 Å². The smallest absolute Gasteiger partial charge is 0.494 e. The van der Waals surface area contributed by atoms with Crippen LogP contribution in [0.25, 0.3) is 11.1 Å². The van der Waals surface area contributed by atoms with E-state index in [4.69, 9.17) is 4.74 Å². The molecule has 0 atom stereocenters. The zero-order chi connectivity index (χ0) is 18.5. The lowest BCUT2D eigenvalue weighted by atomic mass is 10.0. The molecule has 0 amide bonds. The summed E-state index contributed by atoms with van der Waals surface area (Å²) in [5.74, 6) is -0.0163. The van der Waals surface area contributed by atoms with Gasteiger partial charge in [0, 0.05) is 11.8 Å². The molecule has 0 heterocycles. The first-order valence-corrected chi connectivity index (χ1v) is 9.46. The van der Waals surface area contributed by atoms with Crippen LogP contribution < -0.4 is 9.47 Å². The number of benzene rings is 2. The van der Waals surface area contributed by atoms with Crippen molar-refractivity contribution in [2.75, 3.05) is 18.6 Å². The molecule has 136 valence electrons. The molecule has 25 heavy (non-hydrogen) atoms. The third-order valence-corrected chi connectivity index (χ3v) is 4.22. The fourth-order valence-electron chi connectivity index (χ4n) is 2.17.